The highest BCUT2D eigenvalue weighted by Crippen LogP contribution is 2.15. The van der Waals surface area contributed by atoms with E-state index in [1.165, 1.54) is 128 Å². The topological polar surface area (TPSA) is 78.9 Å². The second-order valence-corrected chi connectivity index (χ2v) is 19.2. The van der Waals surface area contributed by atoms with Crippen molar-refractivity contribution in [3.63, 3.8) is 0 Å². The normalized spacial score (nSPS) is 12.8. The molecule has 6 nitrogen and oxygen atoms in total. The minimum atomic E-state index is -0.816. The number of allylic oxidation sites excluding steroid dienone is 16. The van der Waals surface area contributed by atoms with Crippen LogP contribution in [0.4, 0.5) is 0 Å². The maximum Gasteiger partial charge on any atom is 0.306 e. The monoisotopic (exact) mass is 973 g/mol. The molecule has 1 atom stereocenters. The fourth-order valence-electron chi connectivity index (χ4n) is 7.99. The van der Waals surface area contributed by atoms with Crippen molar-refractivity contribution in [2.24, 2.45) is 0 Å². The third-order valence-corrected chi connectivity index (χ3v) is 12.4. The molecule has 0 amide bonds. The summed E-state index contributed by atoms with van der Waals surface area (Å²) in [5.41, 5.74) is 0. The van der Waals surface area contributed by atoms with Crippen LogP contribution in [0.2, 0.25) is 0 Å². The summed E-state index contributed by atoms with van der Waals surface area (Å²) in [4.78, 5) is 38.1. The number of carbonyl (C=O) groups is 3. The molecule has 0 aliphatic rings. The van der Waals surface area contributed by atoms with Crippen molar-refractivity contribution in [2.45, 2.75) is 277 Å². The van der Waals surface area contributed by atoms with E-state index in [1.807, 2.05) is 6.08 Å². The third kappa shape index (κ3) is 55.3. The van der Waals surface area contributed by atoms with Gasteiger partial charge in [0.25, 0.3) is 0 Å². The van der Waals surface area contributed by atoms with E-state index in [0.717, 1.165) is 96.3 Å². The summed E-state index contributed by atoms with van der Waals surface area (Å²) >= 11 is 0. The van der Waals surface area contributed by atoms with Gasteiger partial charge in [-0.15, -0.1) is 0 Å². The number of carbonyl (C=O) groups excluding carboxylic acids is 3. The maximum absolute atomic E-state index is 12.9. The first kappa shape index (κ1) is 66.3. The molecule has 0 spiro atoms. The Kier molecular flexibility index (Phi) is 54.9. The van der Waals surface area contributed by atoms with E-state index < -0.39 is 6.10 Å². The average Bonchev–Trinajstić information content (AvgIpc) is 3.36. The zero-order chi connectivity index (χ0) is 50.7. The fourth-order valence-corrected chi connectivity index (χ4v) is 7.99. The summed E-state index contributed by atoms with van der Waals surface area (Å²) in [5.74, 6) is -1.00. The van der Waals surface area contributed by atoms with Crippen LogP contribution in [0.1, 0.15) is 271 Å². The third-order valence-electron chi connectivity index (χ3n) is 12.4. The standard InChI is InChI=1S/C64H108O6/c1-4-7-10-13-16-19-22-25-28-30-32-34-36-39-42-45-48-51-54-57-63(66)69-60-61(59-68-62(65)56-53-50-47-44-41-38-35-27-24-21-18-15-12-9-6-3)70-64(67)58-55-52-49-46-43-40-37-33-31-29-26-23-20-17-14-11-8-5-2/h7,10,16,19,25,28-29,31-34,37,39,42,48,51,61H,4-6,8-9,11-15,17-18,20-24,26-27,30,35-36,38,40-41,43-47,49-50,52-60H2,1-3H3/b10-7-,19-16-,28-25-,31-29-,34-32-,37-33-,42-39-,51-48-. The van der Waals surface area contributed by atoms with Gasteiger partial charge >= 0.3 is 17.9 Å². The van der Waals surface area contributed by atoms with Crippen LogP contribution in [0, 0.1) is 0 Å². The van der Waals surface area contributed by atoms with Gasteiger partial charge in [-0.3, -0.25) is 14.4 Å². The van der Waals surface area contributed by atoms with Gasteiger partial charge in [-0.2, -0.15) is 0 Å². The molecular weight excluding hydrogens is 865 g/mol. The van der Waals surface area contributed by atoms with Gasteiger partial charge < -0.3 is 14.2 Å². The maximum atomic E-state index is 12.9. The molecule has 0 saturated heterocycles. The SMILES string of the molecule is CC/C=C\C/C=C\C/C=C\C/C=C\C/C=C\C/C=C\CCC(=O)OCC(COC(=O)CCCCCCCCCCCCCCCCC)OC(=O)CCCCCCC/C=C\C=C/CCCCCCCCC. The summed E-state index contributed by atoms with van der Waals surface area (Å²) < 4.78 is 16.8. The average molecular weight is 974 g/mol. The summed E-state index contributed by atoms with van der Waals surface area (Å²) in [5, 5.41) is 0. The van der Waals surface area contributed by atoms with Gasteiger partial charge in [0.1, 0.15) is 13.2 Å². The Labute approximate surface area is 432 Å². The number of hydrogen-bond acceptors (Lipinski definition) is 6. The lowest BCUT2D eigenvalue weighted by molar-refractivity contribution is -0.166. The van der Waals surface area contributed by atoms with E-state index in [-0.39, 0.29) is 37.5 Å². The lowest BCUT2D eigenvalue weighted by atomic mass is 10.0. The number of ether oxygens (including phenoxy) is 3. The number of rotatable bonds is 52. The quantitative estimate of drug-likeness (QED) is 0.0199. The molecular formula is C64H108O6. The highest BCUT2D eigenvalue weighted by atomic mass is 16.6. The van der Waals surface area contributed by atoms with E-state index >= 15 is 0 Å². The predicted molar refractivity (Wildman–Crippen MR) is 302 cm³/mol. The van der Waals surface area contributed by atoms with Gasteiger partial charge in [0.15, 0.2) is 6.10 Å². The van der Waals surface area contributed by atoms with Crippen molar-refractivity contribution in [3.8, 4) is 0 Å². The van der Waals surface area contributed by atoms with Gasteiger partial charge in [-0.05, 0) is 83.5 Å². The van der Waals surface area contributed by atoms with Crippen molar-refractivity contribution >= 4 is 17.9 Å². The Morgan fingerprint density at radius 2 is 0.629 bits per heavy atom. The molecule has 0 saturated carbocycles. The zero-order valence-electron chi connectivity index (χ0n) is 45.8. The predicted octanol–water partition coefficient (Wildman–Crippen LogP) is 19.7. The highest BCUT2D eigenvalue weighted by molar-refractivity contribution is 5.71. The van der Waals surface area contributed by atoms with E-state index in [1.54, 1.807) is 0 Å². The second-order valence-electron chi connectivity index (χ2n) is 19.2. The van der Waals surface area contributed by atoms with Crippen molar-refractivity contribution in [1.29, 1.82) is 0 Å². The second kappa shape index (κ2) is 57.9. The largest absolute Gasteiger partial charge is 0.462 e. The van der Waals surface area contributed by atoms with Gasteiger partial charge in [0, 0.05) is 19.3 Å². The Balaban J connectivity index is 4.52. The summed E-state index contributed by atoms with van der Waals surface area (Å²) in [6.07, 6.45) is 76.9. The van der Waals surface area contributed by atoms with Crippen LogP contribution in [0.5, 0.6) is 0 Å². The highest BCUT2D eigenvalue weighted by Gasteiger charge is 2.19. The first-order valence-corrected chi connectivity index (χ1v) is 29.3. The number of esters is 3. The minimum absolute atomic E-state index is 0.106. The first-order valence-electron chi connectivity index (χ1n) is 29.3. The molecule has 0 aliphatic heterocycles. The molecule has 0 aromatic heterocycles. The minimum Gasteiger partial charge on any atom is -0.462 e. The Bertz CT molecular complexity index is 1400. The van der Waals surface area contributed by atoms with Crippen molar-refractivity contribution in [1.82, 2.24) is 0 Å². The summed E-state index contributed by atoms with van der Waals surface area (Å²) in [6, 6.07) is 0. The molecule has 400 valence electrons. The van der Waals surface area contributed by atoms with E-state index in [0.29, 0.717) is 19.3 Å². The van der Waals surface area contributed by atoms with Gasteiger partial charge in [-0.1, -0.05) is 266 Å². The number of hydrogen-bond donors (Lipinski definition) is 0. The number of unbranched alkanes of at least 4 members (excludes halogenated alkanes) is 26. The Morgan fingerprint density at radius 3 is 1.01 bits per heavy atom. The molecule has 0 heterocycles. The molecule has 6 heteroatoms. The molecule has 1 unspecified atom stereocenters. The zero-order valence-corrected chi connectivity index (χ0v) is 45.8. The van der Waals surface area contributed by atoms with Crippen LogP contribution < -0.4 is 0 Å². The molecule has 0 rings (SSSR count). The van der Waals surface area contributed by atoms with Gasteiger partial charge in [0.05, 0.1) is 0 Å². The lowest BCUT2D eigenvalue weighted by Crippen LogP contribution is -2.30. The molecule has 0 fully saturated rings. The smallest absolute Gasteiger partial charge is 0.306 e. The molecule has 0 aliphatic carbocycles. The molecule has 0 radical (unpaired) electrons. The molecule has 0 bridgehead atoms. The van der Waals surface area contributed by atoms with Crippen LogP contribution >= 0.6 is 0 Å². The van der Waals surface area contributed by atoms with Crippen LogP contribution in [0.25, 0.3) is 0 Å². The fraction of sp³-hybridized carbons (Fsp3) is 0.703. The van der Waals surface area contributed by atoms with E-state index in [2.05, 4.69) is 112 Å². The molecule has 70 heavy (non-hydrogen) atoms. The van der Waals surface area contributed by atoms with E-state index in [4.69, 9.17) is 14.2 Å². The summed E-state index contributed by atoms with van der Waals surface area (Å²) in [6.45, 7) is 6.46. The van der Waals surface area contributed by atoms with Crippen LogP contribution in [0.15, 0.2) is 97.2 Å². The van der Waals surface area contributed by atoms with Crippen LogP contribution in [0.3, 0.4) is 0 Å². The Hall–Kier alpha value is -3.67. The molecule has 0 aromatic rings. The van der Waals surface area contributed by atoms with Crippen molar-refractivity contribution in [3.05, 3.63) is 97.2 Å². The van der Waals surface area contributed by atoms with Crippen molar-refractivity contribution in [2.75, 3.05) is 13.2 Å². The summed E-state index contributed by atoms with van der Waals surface area (Å²) in [7, 11) is 0. The molecule has 0 N–H and O–H groups in total. The first-order chi connectivity index (χ1) is 34.5. The van der Waals surface area contributed by atoms with E-state index in [9.17, 15) is 14.4 Å². The Morgan fingerprint density at radius 1 is 0.314 bits per heavy atom. The molecule has 0 aromatic carbocycles. The van der Waals surface area contributed by atoms with Crippen LogP contribution in [-0.2, 0) is 28.6 Å². The van der Waals surface area contributed by atoms with Crippen LogP contribution in [-0.4, -0.2) is 37.2 Å². The lowest BCUT2D eigenvalue weighted by Gasteiger charge is -2.18. The van der Waals surface area contributed by atoms with Crippen molar-refractivity contribution < 1.29 is 28.6 Å². The van der Waals surface area contributed by atoms with Gasteiger partial charge in [-0.25, -0.2) is 0 Å². The van der Waals surface area contributed by atoms with Gasteiger partial charge in [0.2, 0.25) is 0 Å².